The molecule has 0 N–H and O–H groups in total. The van der Waals surface area contributed by atoms with Crippen LogP contribution in [0.25, 0.3) is 0 Å². The Bertz CT molecular complexity index is 584. The number of rotatable bonds is 4. The van der Waals surface area contributed by atoms with Crippen LogP contribution in [0.2, 0.25) is 0 Å². The molecule has 3 nitrogen and oxygen atoms in total. The predicted octanol–water partition coefficient (Wildman–Crippen LogP) is 3.98. The van der Waals surface area contributed by atoms with Gasteiger partial charge in [0.2, 0.25) is 0 Å². The summed E-state index contributed by atoms with van der Waals surface area (Å²) in [7, 11) is 0. The number of allylic oxidation sites excluding steroid dienone is 1. The molecule has 0 spiro atoms. The first-order valence-electron chi connectivity index (χ1n) is 8.18. The smallest absolute Gasteiger partial charge is 0.320 e. The third kappa shape index (κ3) is 3.31. The Morgan fingerprint density at radius 1 is 1.35 bits per heavy atom. The molecule has 5 atom stereocenters. The molecule has 2 bridgehead atoms. The van der Waals surface area contributed by atoms with Gasteiger partial charge in [0.1, 0.15) is 5.88 Å². The summed E-state index contributed by atoms with van der Waals surface area (Å²) >= 11 is 5.56. The van der Waals surface area contributed by atoms with Crippen molar-refractivity contribution in [3.05, 3.63) is 47.5 Å². The third-order valence-corrected chi connectivity index (χ3v) is 5.42. The molecule has 4 heteroatoms. The highest BCUT2D eigenvalue weighted by molar-refractivity contribution is 6.26. The van der Waals surface area contributed by atoms with E-state index < -0.39 is 0 Å². The Morgan fingerprint density at radius 3 is 2.78 bits per heavy atom. The molecule has 3 rings (SSSR count). The van der Waals surface area contributed by atoms with Gasteiger partial charge in [0.25, 0.3) is 0 Å². The number of ether oxygens (including phenoxy) is 2. The second kappa shape index (κ2) is 7.06. The van der Waals surface area contributed by atoms with Crippen LogP contribution >= 0.6 is 11.6 Å². The van der Waals surface area contributed by atoms with Gasteiger partial charge in [-0.05, 0) is 24.3 Å². The minimum Gasteiger partial charge on any atom is -0.464 e. The standard InChI is InChI=1S/C19H23ClO3/c1-12-8-13(2)18-16(11-22-17(21)9-20)15(12)10-23-19(18)14-6-4-3-5-7-14/h3-8,12,15-16,18-19H,9-11H2,1-2H3/t12-,15+,16+,18+,19-/m0/s1. The van der Waals surface area contributed by atoms with Gasteiger partial charge in [-0.3, -0.25) is 4.79 Å². The minimum absolute atomic E-state index is 0.0240. The van der Waals surface area contributed by atoms with Gasteiger partial charge in [-0.1, -0.05) is 48.9 Å². The van der Waals surface area contributed by atoms with Gasteiger partial charge >= 0.3 is 5.97 Å². The van der Waals surface area contributed by atoms with E-state index in [1.54, 1.807) is 0 Å². The second-order valence-corrected chi connectivity index (χ2v) is 6.87. The van der Waals surface area contributed by atoms with Crippen molar-refractivity contribution >= 4 is 17.6 Å². The summed E-state index contributed by atoms with van der Waals surface area (Å²) in [6.45, 7) is 5.50. The zero-order valence-electron chi connectivity index (χ0n) is 13.6. The van der Waals surface area contributed by atoms with Crippen LogP contribution in [0.3, 0.4) is 0 Å². The lowest BCUT2D eigenvalue weighted by Crippen LogP contribution is -2.46. The Morgan fingerprint density at radius 2 is 2.09 bits per heavy atom. The SMILES string of the molecule is CC1=C[C@H](C)[C@H]2CO[C@@H](c3ccccc3)[C@H]1[C@@H]2COC(=O)CCl. The van der Waals surface area contributed by atoms with Crippen LogP contribution in [0.4, 0.5) is 0 Å². The molecule has 0 amide bonds. The molecule has 1 heterocycles. The number of hydrogen-bond acceptors (Lipinski definition) is 3. The second-order valence-electron chi connectivity index (χ2n) is 6.60. The normalized spacial score (nSPS) is 33.0. The maximum atomic E-state index is 11.5. The van der Waals surface area contributed by atoms with E-state index in [1.165, 1.54) is 11.1 Å². The first kappa shape index (κ1) is 16.5. The van der Waals surface area contributed by atoms with Crippen molar-refractivity contribution in [2.45, 2.75) is 20.0 Å². The maximum absolute atomic E-state index is 11.5. The van der Waals surface area contributed by atoms with Crippen molar-refractivity contribution in [1.82, 2.24) is 0 Å². The average Bonchev–Trinajstić information content (AvgIpc) is 2.58. The summed E-state index contributed by atoms with van der Waals surface area (Å²) in [4.78, 5) is 11.5. The number of alkyl halides is 1. The zero-order chi connectivity index (χ0) is 16.4. The minimum atomic E-state index is -0.346. The van der Waals surface area contributed by atoms with Crippen molar-refractivity contribution in [1.29, 1.82) is 0 Å². The van der Waals surface area contributed by atoms with Gasteiger partial charge in [-0.2, -0.15) is 0 Å². The first-order chi connectivity index (χ1) is 11.1. The largest absolute Gasteiger partial charge is 0.464 e. The van der Waals surface area contributed by atoms with E-state index in [-0.39, 0.29) is 29.8 Å². The molecule has 1 aromatic carbocycles. The molecule has 0 radical (unpaired) electrons. The molecule has 1 saturated heterocycles. The average molecular weight is 335 g/mol. The van der Waals surface area contributed by atoms with Crippen LogP contribution in [0, 0.1) is 23.7 Å². The van der Waals surface area contributed by atoms with Crippen LogP contribution in [0.15, 0.2) is 42.0 Å². The van der Waals surface area contributed by atoms with Gasteiger partial charge in [-0.25, -0.2) is 0 Å². The Kier molecular flexibility index (Phi) is 5.08. The molecule has 0 aromatic heterocycles. The first-order valence-corrected chi connectivity index (χ1v) is 8.71. The van der Waals surface area contributed by atoms with E-state index in [9.17, 15) is 4.79 Å². The van der Waals surface area contributed by atoms with E-state index in [0.717, 1.165) is 0 Å². The third-order valence-electron chi connectivity index (χ3n) is 5.21. The van der Waals surface area contributed by atoms with E-state index in [2.05, 4.69) is 32.1 Å². The highest BCUT2D eigenvalue weighted by atomic mass is 35.5. The van der Waals surface area contributed by atoms with E-state index in [0.29, 0.717) is 25.0 Å². The quantitative estimate of drug-likeness (QED) is 0.474. The monoisotopic (exact) mass is 334 g/mol. The Hall–Kier alpha value is -1.32. The Balaban J connectivity index is 1.88. The topological polar surface area (TPSA) is 35.5 Å². The summed E-state index contributed by atoms with van der Waals surface area (Å²) in [5.41, 5.74) is 2.51. The number of halogens is 1. The van der Waals surface area contributed by atoms with Gasteiger partial charge in [0.15, 0.2) is 0 Å². The zero-order valence-corrected chi connectivity index (χ0v) is 14.3. The van der Waals surface area contributed by atoms with E-state index >= 15 is 0 Å². The maximum Gasteiger partial charge on any atom is 0.320 e. The summed E-state index contributed by atoms with van der Waals surface area (Å²) in [6.07, 6.45) is 2.38. The van der Waals surface area contributed by atoms with Crippen molar-refractivity contribution in [3.8, 4) is 0 Å². The van der Waals surface area contributed by atoms with Crippen LogP contribution in [0.1, 0.15) is 25.5 Å². The van der Waals surface area contributed by atoms with Crippen molar-refractivity contribution in [2.24, 2.45) is 23.7 Å². The van der Waals surface area contributed by atoms with Crippen molar-refractivity contribution in [3.63, 3.8) is 0 Å². The van der Waals surface area contributed by atoms with Gasteiger partial charge in [0.05, 0.1) is 19.3 Å². The molecule has 1 aliphatic carbocycles. The summed E-state index contributed by atoms with van der Waals surface area (Å²) in [5.74, 6) is 0.901. The molecule has 23 heavy (non-hydrogen) atoms. The summed E-state index contributed by atoms with van der Waals surface area (Å²) in [5, 5.41) is 0. The summed E-state index contributed by atoms with van der Waals surface area (Å²) < 4.78 is 11.6. The molecular formula is C19H23ClO3. The number of carbonyl (C=O) groups is 1. The van der Waals surface area contributed by atoms with Crippen LogP contribution in [0.5, 0.6) is 0 Å². The molecule has 0 saturated carbocycles. The Labute approximate surface area is 142 Å². The molecule has 1 aliphatic heterocycles. The van der Waals surface area contributed by atoms with Crippen molar-refractivity contribution in [2.75, 3.05) is 19.1 Å². The van der Waals surface area contributed by atoms with Crippen LogP contribution in [-0.4, -0.2) is 25.1 Å². The van der Waals surface area contributed by atoms with E-state index in [4.69, 9.17) is 21.1 Å². The molecule has 1 fully saturated rings. The fraction of sp³-hybridized carbons (Fsp3) is 0.526. The van der Waals surface area contributed by atoms with Crippen molar-refractivity contribution < 1.29 is 14.3 Å². The lowest BCUT2D eigenvalue weighted by Gasteiger charge is -2.48. The molecule has 2 aliphatic rings. The van der Waals surface area contributed by atoms with E-state index in [1.807, 2.05) is 18.2 Å². The van der Waals surface area contributed by atoms with Gasteiger partial charge in [0, 0.05) is 11.8 Å². The fourth-order valence-electron chi connectivity index (χ4n) is 4.10. The molecule has 0 unspecified atom stereocenters. The summed E-state index contributed by atoms with van der Waals surface area (Å²) in [6, 6.07) is 10.3. The highest BCUT2D eigenvalue weighted by Crippen LogP contribution is 2.49. The lowest BCUT2D eigenvalue weighted by molar-refractivity contribution is -0.152. The number of carbonyl (C=O) groups excluding carboxylic acids is 1. The molecular weight excluding hydrogens is 312 g/mol. The van der Waals surface area contributed by atoms with Crippen LogP contribution in [-0.2, 0) is 14.3 Å². The van der Waals surface area contributed by atoms with Gasteiger partial charge in [-0.15, -0.1) is 11.6 Å². The van der Waals surface area contributed by atoms with Crippen LogP contribution < -0.4 is 0 Å². The molecule has 124 valence electrons. The number of benzene rings is 1. The van der Waals surface area contributed by atoms with Gasteiger partial charge < -0.3 is 9.47 Å². The lowest BCUT2D eigenvalue weighted by atomic mass is 9.64. The number of esters is 1. The highest BCUT2D eigenvalue weighted by Gasteiger charge is 2.46. The predicted molar refractivity (Wildman–Crippen MR) is 90.2 cm³/mol. The number of fused-ring (bicyclic) bond motifs is 2. The fourth-order valence-corrected chi connectivity index (χ4v) is 4.18. The number of hydrogen-bond donors (Lipinski definition) is 0. The molecule has 1 aromatic rings.